The van der Waals surface area contributed by atoms with Crippen LogP contribution in [0.3, 0.4) is 0 Å². The van der Waals surface area contributed by atoms with E-state index in [-0.39, 0.29) is 12.0 Å². The predicted molar refractivity (Wildman–Crippen MR) is 65.4 cm³/mol. The van der Waals surface area contributed by atoms with Crippen molar-refractivity contribution in [1.82, 2.24) is 4.90 Å². The molecule has 3 heteroatoms. The van der Waals surface area contributed by atoms with E-state index in [2.05, 4.69) is 18.2 Å². The van der Waals surface area contributed by atoms with Gasteiger partial charge in [0.1, 0.15) is 0 Å². The summed E-state index contributed by atoms with van der Waals surface area (Å²) >= 11 is 0. The lowest BCUT2D eigenvalue weighted by molar-refractivity contribution is -0.131. The first kappa shape index (κ1) is 10.5. The molecule has 0 bridgehead atoms. The molecule has 1 amide bonds. The van der Waals surface area contributed by atoms with Crippen molar-refractivity contribution < 1.29 is 9.53 Å². The Bertz CT molecular complexity index is 449. The van der Waals surface area contributed by atoms with Gasteiger partial charge in [-0.15, -0.1) is 0 Å². The molecule has 1 aromatic rings. The number of amides is 1. The van der Waals surface area contributed by atoms with Crippen molar-refractivity contribution in [2.24, 2.45) is 0 Å². The largest absolute Gasteiger partial charge is 0.363 e. The fraction of sp³-hybridized carbons (Fsp3) is 0.357. The van der Waals surface area contributed by atoms with E-state index in [0.717, 1.165) is 13.0 Å². The van der Waals surface area contributed by atoms with Crippen molar-refractivity contribution in [3.8, 4) is 0 Å². The number of benzene rings is 1. The number of nitrogens with zero attached hydrogens (tertiary/aromatic N) is 1. The minimum absolute atomic E-state index is 0.145. The van der Waals surface area contributed by atoms with Crippen LogP contribution >= 0.6 is 0 Å². The summed E-state index contributed by atoms with van der Waals surface area (Å²) in [5.41, 5.74) is 2.45. The molecular weight excluding hydrogens is 214 g/mol. The highest BCUT2D eigenvalue weighted by Gasteiger charge is 2.35. The van der Waals surface area contributed by atoms with Gasteiger partial charge in [-0.1, -0.05) is 36.4 Å². The summed E-state index contributed by atoms with van der Waals surface area (Å²) < 4.78 is 5.05. The molecule has 2 heterocycles. The normalized spacial score (nSPS) is 23.2. The molecule has 1 aromatic carbocycles. The average molecular weight is 229 g/mol. The van der Waals surface area contributed by atoms with Gasteiger partial charge in [-0.2, -0.15) is 0 Å². The zero-order valence-corrected chi connectivity index (χ0v) is 9.63. The van der Waals surface area contributed by atoms with Crippen molar-refractivity contribution >= 4 is 11.5 Å². The summed E-state index contributed by atoms with van der Waals surface area (Å²) in [7, 11) is 0. The number of carbonyl (C=O) groups excluding carboxylic acids is 1. The molecule has 2 aliphatic rings. The molecule has 2 aliphatic heterocycles. The Morgan fingerprint density at radius 2 is 2.06 bits per heavy atom. The van der Waals surface area contributed by atoms with Crippen molar-refractivity contribution in [1.29, 1.82) is 0 Å². The second-order valence-electron chi connectivity index (χ2n) is 4.47. The molecule has 17 heavy (non-hydrogen) atoms. The van der Waals surface area contributed by atoms with E-state index in [0.29, 0.717) is 13.2 Å². The van der Waals surface area contributed by atoms with Gasteiger partial charge in [0.25, 0.3) is 5.91 Å². The van der Waals surface area contributed by atoms with Crippen LogP contribution in [0, 0.1) is 0 Å². The molecule has 0 spiro atoms. The number of hydrogen-bond acceptors (Lipinski definition) is 2. The van der Waals surface area contributed by atoms with Crippen LogP contribution in [0.15, 0.2) is 36.4 Å². The lowest BCUT2D eigenvalue weighted by Gasteiger charge is -2.27. The maximum atomic E-state index is 11.9. The molecule has 0 saturated carbocycles. The van der Waals surface area contributed by atoms with Crippen LogP contribution < -0.4 is 0 Å². The van der Waals surface area contributed by atoms with Gasteiger partial charge in [0, 0.05) is 13.1 Å². The van der Waals surface area contributed by atoms with Crippen LogP contribution in [-0.2, 0) is 9.53 Å². The Labute approximate surface area is 101 Å². The minimum Gasteiger partial charge on any atom is -0.363 e. The van der Waals surface area contributed by atoms with Crippen molar-refractivity contribution in [3.05, 3.63) is 42.0 Å². The molecule has 1 fully saturated rings. The van der Waals surface area contributed by atoms with E-state index in [1.165, 1.54) is 11.1 Å². The predicted octanol–water partition coefficient (Wildman–Crippen LogP) is 1.70. The van der Waals surface area contributed by atoms with Crippen molar-refractivity contribution in [3.63, 3.8) is 0 Å². The molecule has 0 aliphatic carbocycles. The Morgan fingerprint density at radius 3 is 2.76 bits per heavy atom. The summed E-state index contributed by atoms with van der Waals surface area (Å²) in [4.78, 5) is 13.8. The van der Waals surface area contributed by atoms with Crippen molar-refractivity contribution in [2.45, 2.75) is 12.5 Å². The maximum absolute atomic E-state index is 11.9. The number of epoxide rings is 1. The number of ether oxygens (including phenoxy) is 1. The molecule has 3 rings (SSSR count). The molecule has 3 nitrogen and oxygen atoms in total. The fourth-order valence-electron chi connectivity index (χ4n) is 2.19. The van der Waals surface area contributed by atoms with Gasteiger partial charge in [0.05, 0.1) is 6.61 Å². The Hall–Kier alpha value is -1.61. The van der Waals surface area contributed by atoms with Crippen LogP contribution in [0.5, 0.6) is 0 Å². The van der Waals surface area contributed by atoms with Gasteiger partial charge >= 0.3 is 0 Å². The Balaban J connectivity index is 1.75. The van der Waals surface area contributed by atoms with Crippen molar-refractivity contribution in [2.75, 3.05) is 19.7 Å². The molecule has 0 N–H and O–H groups in total. The molecule has 0 aromatic heterocycles. The zero-order chi connectivity index (χ0) is 11.7. The first-order chi connectivity index (χ1) is 8.34. The maximum Gasteiger partial charge on any atom is 0.254 e. The average Bonchev–Trinajstić information content (AvgIpc) is 3.23. The number of hydrogen-bond donors (Lipinski definition) is 0. The second-order valence-corrected chi connectivity index (χ2v) is 4.47. The lowest BCUT2D eigenvalue weighted by Crippen LogP contribution is -2.38. The summed E-state index contributed by atoms with van der Waals surface area (Å²) in [6.07, 6.45) is 3.00. The monoisotopic (exact) mass is 229 g/mol. The Morgan fingerprint density at radius 1 is 1.29 bits per heavy atom. The zero-order valence-electron chi connectivity index (χ0n) is 9.63. The number of carbonyl (C=O) groups is 1. The number of rotatable bonds is 2. The SMILES string of the molecule is O=C(C1CO1)N1CCC=C(c2ccccc2)C1. The molecule has 1 atom stereocenters. The van der Waals surface area contributed by atoms with Crippen LogP contribution in [0.1, 0.15) is 12.0 Å². The third-order valence-electron chi connectivity index (χ3n) is 3.22. The minimum atomic E-state index is -0.162. The highest BCUT2D eigenvalue weighted by atomic mass is 16.6. The van der Waals surface area contributed by atoms with E-state index >= 15 is 0 Å². The molecule has 0 radical (unpaired) electrons. The van der Waals surface area contributed by atoms with Gasteiger partial charge in [0.2, 0.25) is 0 Å². The van der Waals surface area contributed by atoms with Gasteiger partial charge < -0.3 is 9.64 Å². The topological polar surface area (TPSA) is 32.8 Å². The molecule has 1 saturated heterocycles. The second kappa shape index (κ2) is 4.34. The van der Waals surface area contributed by atoms with E-state index in [4.69, 9.17) is 4.74 Å². The van der Waals surface area contributed by atoms with E-state index < -0.39 is 0 Å². The first-order valence-corrected chi connectivity index (χ1v) is 5.99. The standard InChI is InChI=1S/C14H15NO2/c16-14(13-10-17-13)15-8-4-7-12(9-15)11-5-2-1-3-6-11/h1-3,5-7,13H,4,8-10H2. The Kier molecular flexibility index (Phi) is 2.69. The van der Waals surface area contributed by atoms with Crippen LogP contribution in [-0.4, -0.2) is 36.6 Å². The van der Waals surface area contributed by atoms with Gasteiger partial charge in [-0.3, -0.25) is 4.79 Å². The third-order valence-corrected chi connectivity index (χ3v) is 3.22. The fourth-order valence-corrected chi connectivity index (χ4v) is 2.19. The smallest absolute Gasteiger partial charge is 0.254 e. The lowest BCUT2D eigenvalue weighted by atomic mass is 10.0. The molecule has 88 valence electrons. The van der Waals surface area contributed by atoms with Gasteiger partial charge in [0.15, 0.2) is 6.10 Å². The highest BCUT2D eigenvalue weighted by molar-refractivity contribution is 5.85. The summed E-state index contributed by atoms with van der Waals surface area (Å²) in [5.74, 6) is 0.145. The summed E-state index contributed by atoms with van der Waals surface area (Å²) in [6.45, 7) is 2.12. The van der Waals surface area contributed by atoms with Gasteiger partial charge in [-0.05, 0) is 17.6 Å². The van der Waals surface area contributed by atoms with Crippen LogP contribution in [0.25, 0.3) is 5.57 Å². The van der Waals surface area contributed by atoms with Crippen LogP contribution in [0.4, 0.5) is 0 Å². The van der Waals surface area contributed by atoms with Gasteiger partial charge in [-0.25, -0.2) is 0 Å². The van der Waals surface area contributed by atoms with E-state index in [1.54, 1.807) is 0 Å². The summed E-state index contributed by atoms with van der Waals surface area (Å²) in [5, 5.41) is 0. The quantitative estimate of drug-likeness (QED) is 0.723. The third kappa shape index (κ3) is 2.24. The summed E-state index contributed by atoms with van der Waals surface area (Å²) in [6, 6.07) is 10.2. The van der Waals surface area contributed by atoms with E-state index in [1.807, 2.05) is 23.1 Å². The molecular formula is C14H15NO2. The first-order valence-electron chi connectivity index (χ1n) is 5.99. The van der Waals surface area contributed by atoms with E-state index in [9.17, 15) is 4.79 Å². The highest BCUT2D eigenvalue weighted by Crippen LogP contribution is 2.23. The molecule has 1 unspecified atom stereocenters. The van der Waals surface area contributed by atoms with Crippen LogP contribution in [0.2, 0.25) is 0 Å².